The molecule has 3 N–H and O–H groups in total. The van der Waals surface area contributed by atoms with Gasteiger partial charge < -0.3 is 16.0 Å². The number of hydrogen-bond donors (Lipinski definition) is 2. The van der Waals surface area contributed by atoms with Crippen LogP contribution in [0.4, 0.5) is 0 Å². The van der Waals surface area contributed by atoms with E-state index >= 15 is 0 Å². The average molecular weight is 264 g/mol. The lowest BCUT2D eigenvalue weighted by Crippen LogP contribution is -2.59. The number of nitrogens with zero attached hydrogens (tertiary/aromatic N) is 1. The minimum atomic E-state index is -0.347. The number of amides is 2. The topological polar surface area (TPSA) is 75.4 Å². The first-order valence-electron chi connectivity index (χ1n) is 5.76. The molecule has 0 spiro atoms. The van der Waals surface area contributed by atoms with Gasteiger partial charge in [0.25, 0.3) is 0 Å². The molecule has 0 aromatic rings. The predicted molar refractivity (Wildman–Crippen MR) is 68.9 cm³/mol. The molecule has 2 unspecified atom stereocenters. The molecular weight excluding hydrogens is 242 g/mol. The average Bonchev–Trinajstić information content (AvgIpc) is 2.15. The highest BCUT2D eigenvalue weighted by molar-refractivity contribution is 5.89. The van der Waals surface area contributed by atoms with Gasteiger partial charge >= 0.3 is 0 Å². The Morgan fingerprint density at radius 1 is 1.53 bits per heavy atom. The van der Waals surface area contributed by atoms with Crippen molar-refractivity contribution in [3.05, 3.63) is 0 Å². The number of nitrogens with one attached hydrogen (secondary N) is 1. The summed E-state index contributed by atoms with van der Waals surface area (Å²) in [7, 11) is 0. The summed E-state index contributed by atoms with van der Waals surface area (Å²) >= 11 is 0. The fourth-order valence-electron chi connectivity index (χ4n) is 2.02. The van der Waals surface area contributed by atoms with Crippen molar-refractivity contribution in [2.45, 2.75) is 39.3 Å². The third kappa shape index (κ3) is 4.16. The van der Waals surface area contributed by atoms with Gasteiger partial charge in [-0.1, -0.05) is 13.8 Å². The summed E-state index contributed by atoms with van der Waals surface area (Å²) < 4.78 is 0. The predicted octanol–water partition coefficient (Wildman–Crippen LogP) is 0.129. The van der Waals surface area contributed by atoms with E-state index in [9.17, 15) is 9.59 Å². The second-order valence-electron chi connectivity index (χ2n) is 4.75. The molecule has 5 nitrogen and oxygen atoms in total. The molecule has 6 heteroatoms. The van der Waals surface area contributed by atoms with Gasteiger partial charge in [-0.3, -0.25) is 9.59 Å². The molecule has 1 fully saturated rings. The quantitative estimate of drug-likeness (QED) is 0.760. The van der Waals surface area contributed by atoms with Crippen LogP contribution in [0.3, 0.4) is 0 Å². The molecule has 0 bridgehead atoms. The minimum Gasteiger partial charge on any atom is -0.353 e. The molecule has 0 saturated carbocycles. The summed E-state index contributed by atoms with van der Waals surface area (Å²) in [5.41, 5.74) is 5.61. The molecule has 2 atom stereocenters. The standard InChI is InChI=1S/C11H21N3O2.ClH/c1-7(2)10-11(16)13-4-5-14(10)9(15)6-8(3)12;/h7-8,10H,4-6,12H2,1-3H3,(H,13,16);1H. The van der Waals surface area contributed by atoms with E-state index in [1.165, 1.54) is 0 Å². The van der Waals surface area contributed by atoms with Gasteiger partial charge in [0.05, 0.1) is 0 Å². The summed E-state index contributed by atoms with van der Waals surface area (Å²) in [6, 6.07) is -0.509. The molecular formula is C11H22ClN3O2. The molecule has 100 valence electrons. The third-order valence-corrected chi connectivity index (χ3v) is 2.70. The zero-order valence-corrected chi connectivity index (χ0v) is 11.4. The van der Waals surface area contributed by atoms with Gasteiger partial charge in [0, 0.05) is 25.6 Å². The van der Waals surface area contributed by atoms with Crippen LogP contribution in [0.15, 0.2) is 0 Å². The maximum Gasteiger partial charge on any atom is 0.243 e. The fraction of sp³-hybridized carbons (Fsp3) is 0.818. The van der Waals surface area contributed by atoms with E-state index in [2.05, 4.69) is 5.32 Å². The van der Waals surface area contributed by atoms with Crippen molar-refractivity contribution in [3.63, 3.8) is 0 Å². The lowest BCUT2D eigenvalue weighted by molar-refractivity contribution is -0.145. The maximum absolute atomic E-state index is 11.9. The summed E-state index contributed by atoms with van der Waals surface area (Å²) in [6.45, 7) is 6.81. The van der Waals surface area contributed by atoms with Crippen LogP contribution in [0.1, 0.15) is 27.2 Å². The van der Waals surface area contributed by atoms with E-state index in [0.717, 1.165) is 0 Å². The molecule has 17 heavy (non-hydrogen) atoms. The molecule has 1 saturated heterocycles. The first-order valence-corrected chi connectivity index (χ1v) is 5.76. The fourth-order valence-corrected chi connectivity index (χ4v) is 2.02. The van der Waals surface area contributed by atoms with E-state index < -0.39 is 0 Å². The molecule has 0 radical (unpaired) electrons. The largest absolute Gasteiger partial charge is 0.353 e. The van der Waals surface area contributed by atoms with Crippen LogP contribution in [0.25, 0.3) is 0 Å². The number of nitrogens with two attached hydrogens (primary N) is 1. The normalized spacial score (nSPS) is 21.8. The molecule has 0 aromatic heterocycles. The highest BCUT2D eigenvalue weighted by atomic mass is 35.5. The van der Waals surface area contributed by atoms with Gasteiger partial charge in [0.1, 0.15) is 6.04 Å². The SMILES string of the molecule is CC(N)CC(=O)N1CCNC(=O)C1C(C)C.Cl. The Morgan fingerprint density at radius 2 is 2.12 bits per heavy atom. The highest BCUT2D eigenvalue weighted by Crippen LogP contribution is 2.15. The van der Waals surface area contributed by atoms with E-state index in [1.807, 2.05) is 13.8 Å². The third-order valence-electron chi connectivity index (χ3n) is 2.70. The van der Waals surface area contributed by atoms with Crippen molar-refractivity contribution < 1.29 is 9.59 Å². The van der Waals surface area contributed by atoms with Crippen molar-refractivity contribution in [3.8, 4) is 0 Å². The van der Waals surface area contributed by atoms with E-state index in [-0.39, 0.29) is 42.2 Å². The van der Waals surface area contributed by atoms with Crippen molar-refractivity contribution in [2.24, 2.45) is 11.7 Å². The van der Waals surface area contributed by atoms with Gasteiger partial charge in [-0.15, -0.1) is 12.4 Å². The molecule has 1 rings (SSSR count). The lowest BCUT2D eigenvalue weighted by atomic mass is 9.99. The minimum absolute atomic E-state index is 0. The Balaban J connectivity index is 0.00000256. The molecule has 0 aliphatic carbocycles. The van der Waals surface area contributed by atoms with Crippen molar-refractivity contribution in [2.75, 3.05) is 13.1 Å². The Labute approximate surface area is 109 Å². The first kappa shape index (κ1) is 16.2. The van der Waals surface area contributed by atoms with Crippen LogP contribution in [0, 0.1) is 5.92 Å². The lowest BCUT2D eigenvalue weighted by Gasteiger charge is -2.37. The van der Waals surface area contributed by atoms with Crippen LogP contribution in [0.5, 0.6) is 0 Å². The number of hydrogen-bond acceptors (Lipinski definition) is 3. The number of halogens is 1. The van der Waals surface area contributed by atoms with E-state index in [4.69, 9.17) is 5.73 Å². The number of carbonyl (C=O) groups excluding carboxylic acids is 2. The number of rotatable bonds is 3. The maximum atomic E-state index is 11.9. The van der Waals surface area contributed by atoms with Crippen molar-refractivity contribution in [1.29, 1.82) is 0 Å². The Kier molecular flexibility index (Phi) is 6.49. The number of carbonyl (C=O) groups is 2. The van der Waals surface area contributed by atoms with Crippen LogP contribution >= 0.6 is 12.4 Å². The zero-order chi connectivity index (χ0) is 12.3. The van der Waals surface area contributed by atoms with Crippen molar-refractivity contribution >= 4 is 24.2 Å². The summed E-state index contributed by atoms with van der Waals surface area (Å²) in [4.78, 5) is 25.3. The molecule has 1 heterocycles. The van der Waals surface area contributed by atoms with Crippen LogP contribution in [-0.4, -0.2) is 41.9 Å². The van der Waals surface area contributed by atoms with E-state index in [0.29, 0.717) is 19.5 Å². The van der Waals surface area contributed by atoms with Gasteiger partial charge in [-0.05, 0) is 12.8 Å². The van der Waals surface area contributed by atoms with E-state index in [1.54, 1.807) is 11.8 Å². The van der Waals surface area contributed by atoms with Gasteiger partial charge in [0.15, 0.2) is 0 Å². The Hall–Kier alpha value is -0.810. The van der Waals surface area contributed by atoms with Crippen LogP contribution < -0.4 is 11.1 Å². The number of piperazine rings is 1. The van der Waals surface area contributed by atoms with Crippen LogP contribution in [-0.2, 0) is 9.59 Å². The molecule has 2 amide bonds. The van der Waals surface area contributed by atoms with Gasteiger partial charge in [-0.25, -0.2) is 0 Å². The Morgan fingerprint density at radius 3 is 2.59 bits per heavy atom. The summed E-state index contributed by atoms with van der Waals surface area (Å²) in [6.07, 6.45) is 0.302. The van der Waals surface area contributed by atoms with Gasteiger partial charge in [-0.2, -0.15) is 0 Å². The first-order chi connectivity index (χ1) is 7.43. The second-order valence-corrected chi connectivity index (χ2v) is 4.75. The molecule has 0 aromatic carbocycles. The molecule has 1 aliphatic rings. The van der Waals surface area contributed by atoms with Crippen LogP contribution in [0.2, 0.25) is 0 Å². The highest BCUT2D eigenvalue weighted by Gasteiger charge is 2.34. The Bertz CT molecular complexity index is 282. The smallest absolute Gasteiger partial charge is 0.243 e. The zero-order valence-electron chi connectivity index (χ0n) is 10.6. The monoisotopic (exact) mass is 263 g/mol. The molecule has 1 aliphatic heterocycles. The summed E-state index contributed by atoms with van der Waals surface area (Å²) in [5, 5.41) is 2.79. The van der Waals surface area contributed by atoms with Gasteiger partial charge in [0.2, 0.25) is 11.8 Å². The van der Waals surface area contributed by atoms with Crippen molar-refractivity contribution in [1.82, 2.24) is 10.2 Å². The summed E-state index contributed by atoms with van der Waals surface area (Å²) in [5.74, 6) is 0.0418. The second kappa shape index (κ2) is 6.81.